The van der Waals surface area contributed by atoms with E-state index in [4.69, 9.17) is 28.9 Å². The van der Waals surface area contributed by atoms with Gasteiger partial charge in [0.2, 0.25) is 0 Å². The quantitative estimate of drug-likeness (QED) is 0.869. The minimum Gasteiger partial charge on any atom is -0.394 e. The molecule has 0 aliphatic carbocycles. The number of nitrogens with zero attached hydrogens (tertiary/aromatic N) is 2. The summed E-state index contributed by atoms with van der Waals surface area (Å²) < 4.78 is 1.63. The van der Waals surface area contributed by atoms with Crippen LogP contribution >= 0.6 is 23.2 Å². The van der Waals surface area contributed by atoms with Crippen molar-refractivity contribution < 1.29 is 0 Å². The van der Waals surface area contributed by atoms with Gasteiger partial charge in [0.25, 0.3) is 0 Å². The van der Waals surface area contributed by atoms with Crippen LogP contribution < -0.4 is 11.1 Å². The molecule has 0 radical (unpaired) electrons. The highest BCUT2D eigenvalue weighted by molar-refractivity contribution is 6.36. The fraction of sp³-hybridized carbons (Fsp3) is 0.100. The van der Waals surface area contributed by atoms with Crippen molar-refractivity contribution in [2.45, 2.75) is 0 Å². The van der Waals surface area contributed by atoms with Gasteiger partial charge in [-0.2, -0.15) is 5.10 Å². The van der Waals surface area contributed by atoms with Gasteiger partial charge in [0.05, 0.1) is 16.4 Å². The molecule has 0 saturated heterocycles. The SMILES string of the molecule is Cn1cc(N)c(Nc2ccc(Cl)cc2Cl)n1. The third kappa shape index (κ3) is 2.23. The molecule has 6 heteroatoms. The van der Waals surface area contributed by atoms with Crippen molar-refractivity contribution in [2.24, 2.45) is 7.05 Å². The number of nitrogens with one attached hydrogen (secondary N) is 1. The van der Waals surface area contributed by atoms with E-state index in [0.717, 1.165) is 5.69 Å². The molecule has 0 spiro atoms. The Morgan fingerprint density at radius 2 is 2.12 bits per heavy atom. The van der Waals surface area contributed by atoms with E-state index in [0.29, 0.717) is 21.6 Å². The van der Waals surface area contributed by atoms with E-state index < -0.39 is 0 Å². The van der Waals surface area contributed by atoms with Crippen LogP contribution in [0.2, 0.25) is 10.0 Å². The standard InChI is InChI=1S/C10H10Cl2N4/c1-16-5-8(13)10(15-16)14-9-3-2-6(11)4-7(9)12/h2-5H,13H2,1H3,(H,14,15). The largest absolute Gasteiger partial charge is 0.394 e. The van der Waals surface area contributed by atoms with Gasteiger partial charge in [0.15, 0.2) is 5.82 Å². The van der Waals surface area contributed by atoms with E-state index in [-0.39, 0.29) is 0 Å². The Labute approximate surface area is 103 Å². The molecule has 0 atom stereocenters. The molecule has 0 saturated carbocycles. The van der Waals surface area contributed by atoms with Crippen molar-refractivity contribution in [1.29, 1.82) is 0 Å². The number of halogens is 2. The molecule has 0 unspecified atom stereocenters. The molecule has 84 valence electrons. The number of anilines is 3. The Morgan fingerprint density at radius 1 is 1.38 bits per heavy atom. The molecule has 1 aromatic heterocycles. The molecule has 0 fully saturated rings. The summed E-state index contributed by atoms with van der Waals surface area (Å²) in [4.78, 5) is 0. The number of hydrogen-bond donors (Lipinski definition) is 2. The Kier molecular flexibility index (Phi) is 2.94. The summed E-state index contributed by atoms with van der Waals surface area (Å²) >= 11 is 11.8. The average molecular weight is 257 g/mol. The van der Waals surface area contributed by atoms with Gasteiger partial charge in [0.1, 0.15) is 0 Å². The van der Waals surface area contributed by atoms with E-state index in [1.165, 1.54) is 0 Å². The van der Waals surface area contributed by atoms with E-state index in [1.807, 2.05) is 0 Å². The minimum atomic E-state index is 0.526. The predicted molar refractivity (Wildman–Crippen MR) is 67.4 cm³/mol. The van der Waals surface area contributed by atoms with Crippen LogP contribution in [0.4, 0.5) is 17.2 Å². The first-order valence-electron chi connectivity index (χ1n) is 4.57. The van der Waals surface area contributed by atoms with Crippen LogP contribution in [0.25, 0.3) is 0 Å². The fourth-order valence-electron chi connectivity index (χ4n) is 1.32. The monoisotopic (exact) mass is 256 g/mol. The van der Waals surface area contributed by atoms with Crippen molar-refractivity contribution in [3.63, 3.8) is 0 Å². The summed E-state index contributed by atoms with van der Waals surface area (Å²) in [6, 6.07) is 5.18. The Balaban J connectivity index is 2.30. The zero-order chi connectivity index (χ0) is 11.7. The van der Waals surface area contributed by atoms with Gasteiger partial charge < -0.3 is 11.1 Å². The molecule has 0 amide bonds. The molecule has 3 N–H and O–H groups in total. The van der Waals surface area contributed by atoms with Crippen LogP contribution in [0.3, 0.4) is 0 Å². The second kappa shape index (κ2) is 4.23. The van der Waals surface area contributed by atoms with Crippen molar-refractivity contribution in [3.8, 4) is 0 Å². The third-order valence-corrected chi connectivity index (χ3v) is 2.59. The lowest BCUT2D eigenvalue weighted by atomic mass is 10.3. The first-order chi connectivity index (χ1) is 7.56. The highest BCUT2D eigenvalue weighted by Gasteiger charge is 2.07. The summed E-state index contributed by atoms with van der Waals surface area (Å²) in [5.41, 5.74) is 7.04. The van der Waals surface area contributed by atoms with Crippen molar-refractivity contribution in [2.75, 3.05) is 11.1 Å². The highest BCUT2D eigenvalue weighted by Crippen LogP contribution is 2.29. The van der Waals surface area contributed by atoms with Gasteiger partial charge in [-0.25, -0.2) is 0 Å². The lowest BCUT2D eigenvalue weighted by Gasteiger charge is -2.06. The van der Waals surface area contributed by atoms with Crippen molar-refractivity contribution >= 4 is 40.4 Å². The summed E-state index contributed by atoms with van der Waals surface area (Å²) in [5, 5.41) is 8.31. The molecule has 1 aromatic carbocycles. The van der Waals surface area contributed by atoms with Crippen LogP contribution in [-0.2, 0) is 7.05 Å². The Hall–Kier alpha value is -1.39. The van der Waals surface area contributed by atoms with Crippen molar-refractivity contribution in [3.05, 3.63) is 34.4 Å². The lowest BCUT2D eigenvalue weighted by Crippen LogP contribution is -1.96. The molecule has 2 aromatic rings. The second-order valence-corrected chi connectivity index (χ2v) is 4.20. The number of benzene rings is 1. The Morgan fingerprint density at radius 3 is 2.69 bits per heavy atom. The minimum absolute atomic E-state index is 0.526. The zero-order valence-corrected chi connectivity index (χ0v) is 10.0. The molecular formula is C10H10Cl2N4. The number of nitrogen functional groups attached to an aromatic ring is 1. The molecule has 0 aliphatic heterocycles. The van der Waals surface area contributed by atoms with E-state index >= 15 is 0 Å². The third-order valence-electron chi connectivity index (χ3n) is 2.04. The smallest absolute Gasteiger partial charge is 0.175 e. The summed E-state index contributed by atoms with van der Waals surface area (Å²) in [6.45, 7) is 0. The maximum absolute atomic E-state index is 6.02. The maximum atomic E-state index is 6.02. The normalized spacial score (nSPS) is 10.4. The number of hydrogen-bond acceptors (Lipinski definition) is 3. The van der Waals surface area contributed by atoms with Crippen molar-refractivity contribution in [1.82, 2.24) is 9.78 Å². The lowest BCUT2D eigenvalue weighted by molar-refractivity contribution is 0.771. The topological polar surface area (TPSA) is 55.9 Å². The Bertz CT molecular complexity index is 522. The maximum Gasteiger partial charge on any atom is 0.175 e. The van der Waals surface area contributed by atoms with Crippen LogP contribution in [0, 0.1) is 0 Å². The van der Waals surface area contributed by atoms with E-state index in [1.54, 1.807) is 36.1 Å². The first kappa shape index (κ1) is 11.1. The van der Waals surface area contributed by atoms with Crippen LogP contribution in [0.15, 0.2) is 24.4 Å². The molecule has 4 nitrogen and oxygen atoms in total. The van der Waals surface area contributed by atoms with Gasteiger partial charge in [-0.1, -0.05) is 23.2 Å². The second-order valence-electron chi connectivity index (χ2n) is 3.36. The van der Waals surface area contributed by atoms with E-state index in [2.05, 4.69) is 10.4 Å². The summed E-state index contributed by atoms with van der Waals surface area (Å²) in [5.74, 6) is 0.576. The highest BCUT2D eigenvalue weighted by atomic mass is 35.5. The predicted octanol–water partition coefficient (Wildman–Crippen LogP) is 3.05. The number of rotatable bonds is 2. The summed E-state index contributed by atoms with van der Waals surface area (Å²) in [6.07, 6.45) is 1.71. The van der Waals surface area contributed by atoms with Gasteiger partial charge in [-0.15, -0.1) is 0 Å². The zero-order valence-electron chi connectivity index (χ0n) is 8.54. The van der Waals surface area contributed by atoms with Crippen LogP contribution in [-0.4, -0.2) is 9.78 Å². The number of nitrogens with two attached hydrogens (primary N) is 1. The molecule has 2 rings (SSSR count). The number of aromatic nitrogens is 2. The number of aryl methyl sites for hydroxylation is 1. The molecule has 16 heavy (non-hydrogen) atoms. The van der Waals surface area contributed by atoms with Crippen LogP contribution in [0.5, 0.6) is 0 Å². The molecule has 0 aliphatic rings. The van der Waals surface area contributed by atoms with Gasteiger partial charge in [0, 0.05) is 18.3 Å². The molecule has 0 bridgehead atoms. The first-order valence-corrected chi connectivity index (χ1v) is 5.33. The average Bonchev–Trinajstić information content (AvgIpc) is 2.50. The van der Waals surface area contributed by atoms with E-state index in [9.17, 15) is 0 Å². The molecule has 1 heterocycles. The van der Waals surface area contributed by atoms with Gasteiger partial charge >= 0.3 is 0 Å². The van der Waals surface area contributed by atoms with Crippen LogP contribution in [0.1, 0.15) is 0 Å². The summed E-state index contributed by atoms with van der Waals surface area (Å²) in [7, 11) is 1.80. The fourth-order valence-corrected chi connectivity index (χ4v) is 1.78. The molecular weight excluding hydrogens is 247 g/mol. The van der Waals surface area contributed by atoms with Gasteiger partial charge in [-0.3, -0.25) is 4.68 Å². The van der Waals surface area contributed by atoms with Gasteiger partial charge in [-0.05, 0) is 18.2 Å².